The Morgan fingerprint density at radius 1 is 1.06 bits per heavy atom. The molecule has 0 fully saturated rings. The van der Waals surface area contributed by atoms with Gasteiger partial charge in [0.15, 0.2) is 0 Å². The molecule has 7 nitrogen and oxygen atoms in total. The van der Waals surface area contributed by atoms with Gasteiger partial charge in [-0.3, -0.25) is 13.9 Å². The van der Waals surface area contributed by atoms with E-state index in [4.69, 9.17) is 23.2 Å². The molecule has 2 rings (SSSR count). The van der Waals surface area contributed by atoms with E-state index in [1.54, 1.807) is 50.2 Å². The number of benzene rings is 2. The monoisotopic (exact) mass is 485 g/mol. The van der Waals surface area contributed by atoms with Crippen LogP contribution in [0.1, 0.15) is 18.1 Å². The third kappa shape index (κ3) is 6.59. The number of anilines is 1. The summed E-state index contributed by atoms with van der Waals surface area (Å²) in [4.78, 5) is 26.9. The number of aryl methyl sites for hydroxylation is 1. The molecule has 2 amide bonds. The molecule has 0 aliphatic rings. The van der Waals surface area contributed by atoms with Gasteiger partial charge in [0.05, 0.1) is 11.9 Å². The number of halogens is 2. The zero-order chi connectivity index (χ0) is 23.3. The number of rotatable bonds is 8. The van der Waals surface area contributed by atoms with Crippen LogP contribution in [0.2, 0.25) is 10.0 Å². The van der Waals surface area contributed by atoms with Crippen molar-refractivity contribution in [2.45, 2.75) is 26.4 Å². The SMILES string of the molecule is CNC(=O)[C@@H](C)N(Cc1ccc(Cl)cc1)C(=O)CN(c1cc(Cl)ccc1C)S(C)(=O)=O. The van der Waals surface area contributed by atoms with E-state index in [1.807, 2.05) is 0 Å². The van der Waals surface area contributed by atoms with Crippen molar-refractivity contribution in [1.82, 2.24) is 10.2 Å². The molecule has 1 atom stereocenters. The van der Waals surface area contributed by atoms with Crippen molar-refractivity contribution in [3.8, 4) is 0 Å². The van der Waals surface area contributed by atoms with Crippen molar-refractivity contribution < 1.29 is 18.0 Å². The first-order valence-electron chi connectivity index (χ1n) is 9.43. The molecule has 2 aromatic carbocycles. The molecule has 0 saturated heterocycles. The number of hydrogen-bond acceptors (Lipinski definition) is 4. The Labute approximate surface area is 193 Å². The second kappa shape index (κ2) is 10.3. The number of carbonyl (C=O) groups excluding carboxylic acids is 2. The highest BCUT2D eigenvalue weighted by Crippen LogP contribution is 2.26. The highest BCUT2D eigenvalue weighted by atomic mass is 35.5. The van der Waals surface area contributed by atoms with Crippen LogP contribution in [0.25, 0.3) is 0 Å². The summed E-state index contributed by atoms with van der Waals surface area (Å²) in [6.45, 7) is 2.95. The van der Waals surface area contributed by atoms with Gasteiger partial charge in [0.1, 0.15) is 12.6 Å². The van der Waals surface area contributed by atoms with Crippen LogP contribution in [-0.2, 0) is 26.2 Å². The van der Waals surface area contributed by atoms with Crippen LogP contribution in [0, 0.1) is 6.92 Å². The molecule has 0 spiro atoms. The van der Waals surface area contributed by atoms with E-state index in [0.717, 1.165) is 16.1 Å². The third-order valence-electron chi connectivity index (χ3n) is 4.80. The lowest BCUT2D eigenvalue weighted by atomic mass is 10.1. The van der Waals surface area contributed by atoms with Crippen LogP contribution in [0.15, 0.2) is 42.5 Å². The predicted octanol–water partition coefficient (Wildman–Crippen LogP) is 3.23. The third-order valence-corrected chi connectivity index (χ3v) is 6.41. The van der Waals surface area contributed by atoms with Crippen LogP contribution in [0.3, 0.4) is 0 Å². The van der Waals surface area contributed by atoms with Crippen molar-refractivity contribution in [3.63, 3.8) is 0 Å². The summed E-state index contributed by atoms with van der Waals surface area (Å²) in [5.74, 6) is -0.900. The molecule has 0 unspecified atom stereocenters. The van der Waals surface area contributed by atoms with E-state index in [9.17, 15) is 18.0 Å². The maximum absolute atomic E-state index is 13.3. The summed E-state index contributed by atoms with van der Waals surface area (Å²) in [7, 11) is -2.33. The molecule has 10 heteroatoms. The quantitative estimate of drug-likeness (QED) is 0.621. The van der Waals surface area contributed by atoms with Gasteiger partial charge in [-0.2, -0.15) is 0 Å². The zero-order valence-electron chi connectivity index (χ0n) is 17.7. The van der Waals surface area contributed by atoms with Gasteiger partial charge in [-0.25, -0.2) is 8.42 Å². The van der Waals surface area contributed by atoms with Crippen LogP contribution in [0.4, 0.5) is 5.69 Å². The molecular formula is C21H25Cl2N3O4S. The van der Waals surface area contributed by atoms with Gasteiger partial charge in [-0.05, 0) is 49.2 Å². The van der Waals surface area contributed by atoms with Gasteiger partial charge in [0.2, 0.25) is 21.8 Å². The van der Waals surface area contributed by atoms with Gasteiger partial charge < -0.3 is 10.2 Å². The smallest absolute Gasteiger partial charge is 0.244 e. The van der Waals surface area contributed by atoms with Gasteiger partial charge in [-0.15, -0.1) is 0 Å². The minimum Gasteiger partial charge on any atom is -0.357 e. The first-order valence-corrected chi connectivity index (χ1v) is 12.0. The Hall–Kier alpha value is -2.29. The average molecular weight is 486 g/mol. The molecule has 0 heterocycles. The van der Waals surface area contributed by atoms with Gasteiger partial charge >= 0.3 is 0 Å². The molecular weight excluding hydrogens is 461 g/mol. The second-order valence-corrected chi connectivity index (χ2v) is 9.92. The zero-order valence-corrected chi connectivity index (χ0v) is 20.1. The van der Waals surface area contributed by atoms with E-state index >= 15 is 0 Å². The fraction of sp³-hybridized carbons (Fsp3) is 0.333. The lowest BCUT2D eigenvalue weighted by Crippen LogP contribution is -2.50. The van der Waals surface area contributed by atoms with Crippen molar-refractivity contribution in [3.05, 3.63) is 63.6 Å². The number of nitrogens with zero attached hydrogens (tertiary/aromatic N) is 2. The fourth-order valence-electron chi connectivity index (χ4n) is 3.02. The number of carbonyl (C=O) groups is 2. The molecule has 0 saturated carbocycles. The Balaban J connectivity index is 2.42. The minimum absolute atomic E-state index is 0.108. The van der Waals surface area contributed by atoms with E-state index in [1.165, 1.54) is 18.0 Å². The number of likely N-dealkylation sites (N-methyl/N-ethyl adjacent to an activating group) is 1. The first kappa shape index (κ1) is 25.0. The first-order chi connectivity index (χ1) is 14.4. The van der Waals surface area contributed by atoms with Gasteiger partial charge in [0, 0.05) is 23.6 Å². The summed E-state index contributed by atoms with van der Waals surface area (Å²) in [5.41, 5.74) is 1.70. The largest absolute Gasteiger partial charge is 0.357 e. The molecule has 0 aromatic heterocycles. The maximum Gasteiger partial charge on any atom is 0.244 e. The number of amides is 2. The number of sulfonamides is 1. The number of hydrogen-bond donors (Lipinski definition) is 1. The highest BCUT2D eigenvalue weighted by Gasteiger charge is 2.30. The van der Waals surface area contributed by atoms with E-state index < -0.39 is 28.5 Å². The minimum atomic E-state index is -3.81. The average Bonchev–Trinajstić information content (AvgIpc) is 2.71. The Morgan fingerprint density at radius 2 is 1.65 bits per heavy atom. The van der Waals surface area contributed by atoms with Gasteiger partial charge in [0.25, 0.3) is 0 Å². The van der Waals surface area contributed by atoms with Gasteiger partial charge in [-0.1, -0.05) is 41.4 Å². The summed E-state index contributed by atoms with van der Waals surface area (Å²) in [6, 6.07) is 10.8. The van der Waals surface area contributed by atoms with Crippen LogP contribution in [0.5, 0.6) is 0 Å². The molecule has 0 bridgehead atoms. The standard InChI is InChI=1S/C21H25Cl2N3O4S/c1-14-5-8-18(23)11-19(14)26(31(4,29)30)13-20(27)25(15(2)21(28)24-3)12-16-6-9-17(22)10-7-16/h5-11,15H,12-13H2,1-4H3,(H,24,28)/t15-/m1/s1. The summed E-state index contributed by atoms with van der Waals surface area (Å²) >= 11 is 12.0. The molecule has 2 aromatic rings. The van der Waals surface area contributed by atoms with Crippen LogP contribution < -0.4 is 9.62 Å². The Morgan fingerprint density at radius 3 is 2.19 bits per heavy atom. The van der Waals surface area contributed by atoms with E-state index in [0.29, 0.717) is 21.3 Å². The normalized spacial score (nSPS) is 12.2. The van der Waals surface area contributed by atoms with Crippen molar-refractivity contribution in [2.24, 2.45) is 0 Å². The molecule has 168 valence electrons. The second-order valence-electron chi connectivity index (χ2n) is 7.14. The molecule has 1 N–H and O–H groups in total. The molecule has 0 radical (unpaired) electrons. The van der Waals surface area contributed by atoms with Crippen LogP contribution in [-0.4, -0.2) is 51.0 Å². The lowest BCUT2D eigenvalue weighted by molar-refractivity contribution is -0.139. The summed E-state index contributed by atoms with van der Waals surface area (Å²) < 4.78 is 26.1. The summed E-state index contributed by atoms with van der Waals surface area (Å²) in [5, 5.41) is 3.41. The Kier molecular flexibility index (Phi) is 8.34. The van der Waals surface area contributed by atoms with E-state index in [-0.39, 0.29) is 12.5 Å². The van der Waals surface area contributed by atoms with E-state index in [2.05, 4.69) is 5.32 Å². The maximum atomic E-state index is 13.3. The van der Waals surface area contributed by atoms with Crippen LogP contribution >= 0.6 is 23.2 Å². The van der Waals surface area contributed by atoms with Crippen molar-refractivity contribution >= 4 is 50.7 Å². The highest BCUT2D eigenvalue weighted by molar-refractivity contribution is 7.92. The fourth-order valence-corrected chi connectivity index (χ4v) is 4.22. The topological polar surface area (TPSA) is 86.8 Å². The molecule has 31 heavy (non-hydrogen) atoms. The van der Waals surface area contributed by atoms with Crippen molar-refractivity contribution in [2.75, 3.05) is 24.2 Å². The lowest BCUT2D eigenvalue weighted by Gasteiger charge is -2.31. The van der Waals surface area contributed by atoms with Crippen molar-refractivity contribution in [1.29, 1.82) is 0 Å². The molecule has 0 aliphatic carbocycles. The Bertz CT molecular complexity index is 1060. The summed E-state index contributed by atoms with van der Waals surface area (Å²) in [6.07, 6.45) is 1.02. The molecule has 0 aliphatic heterocycles. The number of nitrogens with one attached hydrogen (secondary N) is 1. The predicted molar refractivity (Wildman–Crippen MR) is 124 cm³/mol.